The lowest BCUT2D eigenvalue weighted by atomic mass is 10.0. The van der Waals surface area contributed by atoms with E-state index in [0.717, 1.165) is 0 Å². The van der Waals surface area contributed by atoms with Gasteiger partial charge in [-0.1, -0.05) is 48.5 Å². The number of aromatic hydroxyl groups is 2. The molecule has 152 valence electrons. The maximum Gasteiger partial charge on any atom is 0.200 e. The van der Waals surface area contributed by atoms with E-state index in [1.54, 1.807) is 72.8 Å². The van der Waals surface area contributed by atoms with Gasteiger partial charge in [-0.05, 0) is 48.5 Å². The molecule has 0 saturated heterocycles. The Morgan fingerprint density at radius 2 is 0.806 bits per heavy atom. The molecule has 0 aromatic heterocycles. The quantitative estimate of drug-likeness (QED) is 0.419. The predicted molar refractivity (Wildman–Crippen MR) is 116 cm³/mol. The summed E-state index contributed by atoms with van der Waals surface area (Å²) < 4.78 is 6.00. The second-order valence-corrected chi connectivity index (χ2v) is 6.79. The van der Waals surface area contributed by atoms with Crippen molar-refractivity contribution in [1.29, 1.82) is 0 Å². The summed E-state index contributed by atoms with van der Waals surface area (Å²) in [5.74, 6) is -0.576. The van der Waals surface area contributed by atoms with Gasteiger partial charge in [0, 0.05) is 0 Å². The van der Waals surface area contributed by atoms with Gasteiger partial charge in [-0.15, -0.1) is 0 Å². The van der Waals surface area contributed by atoms with Crippen molar-refractivity contribution in [3.63, 3.8) is 0 Å². The minimum absolute atomic E-state index is 0.127. The molecule has 0 atom stereocenters. The van der Waals surface area contributed by atoms with Gasteiger partial charge in [-0.25, -0.2) is 0 Å². The molecule has 0 aliphatic rings. The van der Waals surface area contributed by atoms with E-state index in [4.69, 9.17) is 4.74 Å². The predicted octanol–water partition coefficient (Wildman–Crippen LogP) is 5.35. The second-order valence-electron chi connectivity index (χ2n) is 6.79. The van der Waals surface area contributed by atoms with Crippen LogP contribution < -0.4 is 4.74 Å². The van der Waals surface area contributed by atoms with E-state index in [-0.39, 0.29) is 45.3 Å². The number of ketones is 2. The molecule has 0 fully saturated rings. The Labute approximate surface area is 178 Å². The number of carbonyl (C=O) groups excluding carboxylic acids is 2. The zero-order valence-electron chi connectivity index (χ0n) is 16.4. The Morgan fingerprint density at radius 1 is 0.484 bits per heavy atom. The average molecular weight is 410 g/mol. The fourth-order valence-corrected chi connectivity index (χ4v) is 3.23. The van der Waals surface area contributed by atoms with E-state index in [9.17, 15) is 19.8 Å². The Balaban J connectivity index is 1.73. The number of hydrogen-bond acceptors (Lipinski definition) is 5. The molecule has 0 aliphatic heterocycles. The molecule has 5 nitrogen and oxygen atoms in total. The summed E-state index contributed by atoms with van der Waals surface area (Å²) in [6.07, 6.45) is 0. The number of rotatable bonds is 6. The third kappa shape index (κ3) is 4.02. The van der Waals surface area contributed by atoms with Crippen molar-refractivity contribution in [1.82, 2.24) is 0 Å². The number of para-hydroxylation sites is 4. The average Bonchev–Trinajstić information content (AvgIpc) is 2.80. The maximum atomic E-state index is 13.0. The van der Waals surface area contributed by atoms with Crippen LogP contribution in [-0.2, 0) is 0 Å². The van der Waals surface area contributed by atoms with Crippen LogP contribution in [0.1, 0.15) is 31.8 Å². The minimum atomic E-state index is -0.404. The number of phenols is 2. The molecule has 0 heterocycles. The lowest BCUT2D eigenvalue weighted by Crippen LogP contribution is -2.06. The molecule has 4 rings (SSSR count). The third-order valence-electron chi connectivity index (χ3n) is 4.78. The van der Waals surface area contributed by atoms with Crippen LogP contribution in [0.5, 0.6) is 23.0 Å². The van der Waals surface area contributed by atoms with Crippen molar-refractivity contribution >= 4 is 11.6 Å². The molecule has 5 heteroatoms. The SMILES string of the molecule is O=C(c1ccccc1O)c1ccccc1Oc1ccccc1C(=O)c1ccccc1O. The van der Waals surface area contributed by atoms with E-state index in [2.05, 4.69) is 0 Å². The van der Waals surface area contributed by atoms with Crippen LogP contribution in [0, 0.1) is 0 Å². The Hall–Kier alpha value is -4.38. The van der Waals surface area contributed by atoms with E-state index in [0.29, 0.717) is 0 Å². The monoisotopic (exact) mass is 410 g/mol. The molecule has 4 aromatic rings. The fraction of sp³-hybridized carbons (Fsp3) is 0. The number of carbonyl (C=O) groups is 2. The van der Waals surface area contributed by atoms with E-state index in [1.807, 2.05) is 0 Å². The van der Waals surface area contributed by atoms with Crippen LogP contribution in [0.15, 0.2) is 97.1 Å². The Bertz CT molecular complexity index is 1180. The topological polar surface area (TPSA) is 83.8 Å². The molecule has 0 unspecified atom stereocenters. The van der Waals surface area contributed by atoms with Crippen molar-refractivity contribution in [2.45, 2.75) is 0 Å². The van der Waals surface area contributed by atoms with Crippen molar-refractivity contribution < 1.29 is 24.5 Å². The molecule has 0 saturated carbocycles. The highest BCUT2D eigenvalue weighted by Gasteiger charge is 2.21. The van der Waals surface area contributed by atoms with Gasteiger partial charge in [0.25, 0.3) is 0 Å². The van der Waals surface area contributed by atoms with Crippen LogP contribution in [0.3, 0.4) is 0 Å². The van der Waals surface area contributed by atoms with Crippen LogP contribution in [0.25, 0.3) is 0 Å². The van der Waals surface area contributed by atoms with Gasteiger partial charge in [-0.2, -0.15) is 0 Å². The molecule has 2 N–H and O–H groups in total. The van der Waals surface area contributed by atoms with Crippen molar-refractivity contribution in [2.75, 3.05) is 0 Å². The smallest absolute Gasteiger partial charge is 0.200 e. The zero-order chi connectivity index (χ0) is 21.8. The lowest BCUT2D eigenvalue weighted by Gasteiger charge is -2.14. The van der Waals surface area contributed by atoms with Crippen LogP contribution in [0.4, 0.5) is 0 Å². The van der Waals surface area contributed by atoms with E-state index >= 15 is 0 Å². The molecular formula is C26H18O5. The molecule has 4 aromatic carbocycles. The molecule has 0 amide bonds. The number of benzene rings is 4. The molecule has 31 heavy (non-hydrogen) atoms. The first-order valence-electron chi connectivity index (χ1n) is 9.57. The Morgan fingerprint density at radius 3 is 1.19 bits per heavy atom. The molecule has 0 aliphatic carbocycles. The lowest BCUT2D eigenvalue weighted by molar-refractivity contribution is 0.102. The number of hydrogen-bond donors (Lipinski definition) is 2. The van der Waals surface area contributed by atoms with Crippen molar-refractivity contribution in [3.05, 3.63) is 119 Å². The first-order valence-corrected chi connectivity index (χ1v) is 9.57. The summed E-state index contributed by atoms with van der Waals surface area (Å²) in [6.45, 7) is 0. The summed E-state index contributed by atoms with van der Waals surface area (Å²) >= 11 is 0. The van der Waals surface area contributed by atoms with Gasteiger partial charge >= 0.3 is 0 Å². The summed E-state index contributed by atoms with van der Waals surface area (Å²) in [7, 11) is 0. The highest BCUT2D eigenvalue weighted by Crippen LogP contribution is 2.33. The molecule has 0 bridgehead atoms. The van der Waals surface area contributed by atoms with Gasteiger partial charge in [0.05, 0.1) is 22.3 Å². The molecule has 0 radical (unpaired) electrons. The van der Waals surface area contributed by atoms with Crippen molar-refractivity contribution in [3.8, 4) is 23.0 Å². The normalized spacial score (nSPS) is 10.5. The standard InChI is InChI=1S/C26H18O5/c27-21-13-5-1-9-17(21)25(29)19-11-3-7-15-23(19)31-24-16-8-4-12-20(24)26(30)18-10-2-6-14-22(18)28/h1-16,27-28H. The van der Waals surface area contributed by atoms with Crippen LogP contribution in [0.2, 0.25) is 0 Å². The van der Waals surface area contributed by atoms with Crippen LogP contribution in [-0.4, -0.2) is 21.8 Å². The summed E-state index contributed by atoms with van der Waals surface area (Å²) in [6, 6.07) is 25.8. The maximum absolute atomic E-state index is 13.0. The second kappa shape index (κ2) is 8.55. The number of ether oxygens (including phenoxy) is 1. The van der Waals surface area contributed by atoms with Gasteiger partial charge < -0.3 is 14.9 Å². The first kappa shape index (κ1) is 19.9. The van der Waals surface area contributed by atoms with Gasteiger partial charge in [-0.3, -0.25) is 9.59 Å². The fourth-order valence-electron chi connectivity index (χ4n) is 3.23. The zero-order valence-corrected chi connectivity index (χ0v) is 16.4. The van der Waals surface area contributed by atoms with Gasteiger partial charge in [0.1, 0.15) is 23.0 Å². The summed E-state index contributed by atoms with van der Waals surface area (Å²) in [5, 5.41) is 20.1. The minimum Gasteiger partial charge on any atom is -0.507 e. The van der Waals surface area contributed by atoms with Gasteiger partial charge in [0.15, 0.2) is 11.6 Å². The van der Waals surface area contributed by atoms with E-state index in [1.165, 1.54) is 24.3 Å². The van der Waals surface area contributed by atoms with Crippen LogP contribution >= 0.6 is 0 Å². The highest BCUT2D eigenvalue weighted by molar-refractivity contribution is 6.13. The number of phenolic OH excluding ortho intramolecular Hbond substituents is 2. The summed E-state index contributed by atoms with van der Waals surface area (Å²) in [4.78, 5) is 26.0. The Kier molecular flexibility index (Phi) is 5.49. The molecular weight excluding hydrogens is 392 g/mol. The van der Waals surface area contributed by atoms with Crippen molar-refractivity contribution in [2.24, 2.45) is 0 Å². The van der Waals surface area contributed by atoms with Gasteiger partial charge in [0.2, 0.25) is 0 Å². The summed E-state index contributed by atoms with van der Waals surface area (Å²) in [5.41, 5.74) is 0.789. The highest BCUT2D eigenvalue weighted by atomic mass is 16.5. The van der Waals surface area contributed by atoms with E-state index < -0.39 is 11.6 Å². The first-order chi connectivity index (χ1) is 15.1. The molecule has 0 spiro atoms. The largest absolute Gasteiger partial charge is 0.507 e. The third-order valence-corrected chi connectivity index (χ3v) is 4.78.